The molecule has 0 bridgehead atoms. The first-order valence-corrected chi connectivity index (χ1v) is 19.0. The fourth-order valence-electron chi connectivity index (χ4n) is 8.48. The van der Waals surface area contributed by atoms with Crippen LogP contribution < -0.4 is 0 Å². The van der Waals surface area contributed by atoms with Crippen molar-refractivity contribution in [2.24, 2.45) is 0 Å². The van der Waals surface area contributed by atoms with Gasteiger partial charge in [-0.2, -0.15) is 9.97 Å². The molecule has 0 spiro atoms. The lowest BCUT2D eigenvalue weighted by Gasteiger charge is -2.12. The van der Waals surface area contributed by atoms with Crippen LogP contribution in [-0.4, -0.2) is 19.5 Å². The minimum atomic E-state index is 0.545. The maximum atomic E-state index is 6.44. The first-order valence-electron chi connectivity index (χ1n) is 19.0. The Morgan fingerprint density at radius 1 is 0.333 bits per heavy atom. The van der Waals surface area contributed by atoms with Crippen LogP contribution >= 0.6 is 0 Å². The number of fused-ring (bicyclic) bond motifs is 10. The van der Waals surface area contributed by atoms with Gasteiger partial charge in [0.05, 0.1) is 11.0 Å². The van der Waals surface area contributed by atoms with Gasteiger partial charge in [0, 0.05) is 43.4 Å². The Balaban J connectivity index is 1.04. The van der Waals surface area contributed by atoms with Gasteiger partial charge in [-0.15, -0.1) is 0 Å². The third kappa shape index (κ3) is 4.94. The maximum Gasteiger partial charge on any atom is 0.238 e. The summed E-state index contributed by atoms with van der Waals surface area (Å²) in [5.41, 5.74) is 11.7. The van der Waals surface area contributed by atoms with Crippen LogP contribution in [0, 0.1) is 0 Å². The molecule has 266 valence electrons. The summed E-state index contributed by atoms with van der Waals surface area (Å²) < 4.78 is 14.9. The summed E-state index contributed by atoms with van der Waals surface area (Å²) in [5, 5.41) is 6.61. The highest BCUT2D eigenvalue weighted by atomic mass is 16.3. The molecule has 8 aromatic carbocycles. The number of rotatable bonds is 5. The van der Waals surface area contributed by atoms with Gasteiger partial charge < -0.3 is 8.83 Å². The molecule has 12 rings (SSSR count). The van der Waals surface area contributed by atoms with Crippen LogP contribution in [0.4, 0.5) is 0 Å². The van der Waals surface area contributed by atoms with Crippen LogP contribution in [0.5, 0.6) is 0 Å². The molecule has 0 radical (unpaired) electrons. The van der Waals surface area contributed by atoms with Crippen molar-refractivity contribution >= 4 is 65.7 Å². The molecule has 0 fully saturated rings. The molecule has 0 aliphatic rings. The molecule has 57 heavy (non-hydrogen) atoms. The second-order valence-electron chi connectivity index (χ2n) is 14.4. The molecule has 6 heteroatoms. The van der Waals surface area contributed by atoms with Crippen molar-refractivity contribution in [1.29, 1.82) is 0 Å². The largest absolute Gasteiger partial charge is 0.456 e. The molecular formula is C51H30N4O2. The molecule has 4 heterocycles. The Morgan fingerprint density at radius 3 is 1.61 bits per heavy atom. The zero-order chi connectivity index (χ0) is 37.5. The molecule has 0 unspecified atom stereocenters. The van der Waals surface area contributed by atoms with Crippen LogP contribution in [0.3, 0.4) is 0 Å². The van der Waals surface area contributed by atoms with Crippen LogP contribution in [0.15, 0.2) is 191 Å². The van der Waals surface area contributed by atoms with Gasteiger partial charge in [0.2, 0.25) is 5.95 Å². The highest BCUT2D eigenvalue weighted by molar-refractivity contribution is 6.27. The van der Waals surface area contributed by atoms with E-state index in [1.807, 2.05) is 60.7 Å². The Labute approximate surface area is 325 Å². The fraction of sp³-hybridized carbons (Fsp3) is 0. The number of benzene rings is 8. The van der Waals surface area contributed by atoms with E-state index in [0.29, 0.717) is 17.6 Å². The lowest BCUT2D eigenvalue weighted by molar-refractivity contribution is 0.669. The van der Waals surface area contributed by atoms with Gasteiger partial charge >= 0.3 is 0 Å². The SMILES string of the molecule is c1ccc(-c2nc(-c3ccc(-c4cc(-c5ccccc5)c5c(c4)oc4ccccc45)cc3)nc(-n3c4ccccc4c4c5c(ccc43)oc3ccccc35)n2)cc1. The highest BCUT2D eigenvalue weighted by Crippen LogP contribution is 2.42. The summed E-state index contributed by atoms with van der Waals surface area (Å²) in [4.78, 5) is 15.5. The maximum absolute atomic E-state index is 6.44. The van der Waals surface area contributed by atoms with E-state index in [2.05, 4.69) is 126 Å². The number of para-hydroxylation sites is 3. The Bertz CT molecular complexity index is 3510. The third-order valence-electron chi connectivity index (χ3n) is 11.1. The number of hydrogen-bond donors (Lipinski definition) is 0. The molecule has 0 amide bonds. The van der Waals surface area contributed by atoms with Crippen LogP contribution in [0.25, 0.3) is 117 Å². The average Bonchev–Trinajstić information content (AvgIpc) is 3.96. The molecular weight excluding hydrogens is 701 g/mol. The smallest absolute Gasteiger partial charge is 0.238 e. The summed E-state index contributed by atoms with van der Waals surface area (Å²) in [7, 11) is 0. The first kappa shape index (κ1) is 31.5. The van der Waals surface area contributed by atoms with Gasteiger partial charge in [0.15, 0.2) is 11.6 Å². The molecule has 12 aromatic rings. The van der Waals surface area contributed by atoms with E-state index >= 15 is 0 Å². The summed E-state index contributed by atoms with van der Waals surface area (Å²) in [6, 6.07) is 62.6. The van der Waals surface area contributed by atoms with Crippen LogP contribution in [0.1, 0.15) is 0 Å². The lowest BCUT2D eigenvalue weighted by atomic mass is 9.94. The number of hydrogen-bond acceptors (Lipinski definition) is 5. The lowest BCUT2D eigenvalue weighted by Crippen LogP contribution is -2.06. The molecule has 0 saturated carbocycles. The fourth-order valence-corrected chi connectivity index (χ4v) is 8.48. The molecule has 0 aliphatic heterocycles. The standard InChI is InChI=1S/C51H30N4O2/c1-3-13-32(14-4-1)39-29-35(30-45-46(39)37-18-8-11-21-42(37)57-45)31-23-25-34(26-24-31)50-52-49(33-15-5-2-6-16-33)53-51(54-50)55-40-20-10-7-17-36(40)47-41(55)27-28-44-48(47)38-19-9-12-22-43(38)56-44/h1-30H. The zero-order valence-electron chi connectivity index (χ0n) is 30.4. The molecule has 0 N–H and O–H groups in total. The average molecular weight is 731 g/mol. The Kier molecular flexibility index (Phi) is 6.83. The minimum absolute atomic E-state index is 0.545. The quantitative estimate of drug-likeness (QED) is 0.176. The van der Waals surface area contributed by atoms with Crippen molar-refractivity contribution in [2.75, 3.05) is 0 Å². The topological polar surface area (TPSA) is 69.9 Å². The van der Waals surface area contributed by atoms with E-state index in [9.17, 15) is 0 Å². The predicted molar refractivity (Wildman–Crippen MR) is 230 cm³/mol. The summed E-state index contributed by atoms with van der Waals surface area (Å²) in [5.74, 6) is 1.73. The summed E-state index contributed by atoms with van der Waals surface area (Å²) in [6.45, 7) is 0. The van der Waals surface area contributed by atoms with Gasteiger partial charge in [-0.05, 0) is 64.7 Å². The highest BCUT2D eigenvalue weighted by Gasteiger charge is 2.22. The van der Waals surface area contributed by atoms with Crippen molar-refractivity contribution in [3.05, 3.63) is 182 Å². The van der Waals surface area contributed by atoms with E-state index in [1.54, 1.807) is 0 Å². The van der Waals surface area contributed by atoms with Gasteiger partial charge in [-0.1, -0.05) is 140 Å². The van der Waals surface area contributed by atoms with Crippen molar-refractivity contribution in [3.63, 3.8) is 0 Å². The predicted octanol–water partition coefficient (Wildman–Crippen LogP) is 13.4. The van der Waals surface area contributed by atoms with Crippen molar-refractivity contribution < 1.29 is 8.83 Å². The first-order chi connectivity index (χ1) is 28.2. The minimum Gasteiger partial charge on any atom is -0.456 e. The Morgan fingerprint density at radius 2 is 0.895 bits per heavy atom. The van der Waals surface area contributed by atoms with Crippen LogP contribution in [-0.2, 0) is 0 Å². The number of furan rings is 2. The van der Waals surface area contributed by atoms with Gasteiger partial charge in [-0.3, -0.25) is 4.57 Å². The molecule has 0 saturated heterocycles. The second-order valence-corrected chi connectivity index (χ2v) is 14.4. The normalized spacial score (nSPS) is 11.9. The van der Waals surface area contributed by atoms with Gasteiger partial charge in [0.25, 0.3) is 0 Å². The van der Waals surface area contributed by atoms with Crippen molar-refractivity contribution in [2.45, 2.75) is 0 Å². The molecule has 0 atom stereocenters. The van der Waals surface area contributed by atoms with Crippen molar-refractivity contribution in [3.8, 4) is 51.0 Å². The monoisotopic (exact) mass is 730 g/mol. The van der Waals surface area contributed by atoms with Crippen molar-refractivity contribution in [1.82, 2.24) is 19.5 Å². The van der Waals surface area contributed by atoms with E-state index < -0.39 is 0 Å². The summed E-state index contributed by atoms with van der Waals surface area (Å²) in [6.07, 6.45) is 0. The molecule has 6 nitrogen and oxygen atoms in total. The van der Waals surface area contributed by atoms with Crippen LogP contribution in [0.2, 0.25) is 0 Å². The number of aromatic nitrogens is 4. The molecule has 0 aliphatic carbocycles. The Hall–Kier alpha value is -7.83. The van der Waals surface area contributed by atoms with E-state index in [1.165, 1.54) is 0 Å². The third-order valence-corrected chi connectivity index (χ3v) is 11.1. The molecule has 4 aromatic heterocycles. The van der Waals surface area contributed by atoms with E-state index in [4.69, 9.17) is 23.8 Å². The second kappa shape index (κ2) is 12.3. The number of nitrogens with zero attached hydrogens (tertiary/aromatic N) is 4. The van der Waals surface area contributed by atoms with Gasteiger partial charge in [0.1, 0.15) is 22.3 Å². The van der Waals surface area contributed by atoms with E-state index in [0.717, 1.165) is 99.1 Å². The van der Waals surface area contributed by atoms with E-state index in [-0.39, 0.29) is 0 Å². The summed E-state index contributed by atoms with van der Waals surface area (Å²) >= 11 is 0. The van der Waals surface area contributed by atoms with Gasteiger partial charge in [-0.25, -0.2) is 4.98 Å². The zero-order valence-corrected chi connectivity index (χ0v) is 30.4.